The van der Waals surface area contributed by atoms with Crippen LogP contribution in [0, 0.1) is 19.7 Å². The second-order valence-electron chi connectivity index (χ2n) is 5.83. The van der Waals surface area contributed by atoms with Crippen LogP contribution in [0.2, 0.25) is 0 Å². The van der Waals surface area contributed by atoms with Gasteiger partial charge in [-0.2, -0.15) is 4.31 Å². The molecule has 0 atom stereocenters. The number of benzene rings is 1. The van der Waals surface area contributed by atoms with Gasteiger partial charge in [-0.05, 0) is 38.0 Å². The Hall–Kier alpha value is -1.73. The Morgan fingerprint density at radius 2 is 1.83 bits per heavy atom. The SMILES string of the molecule is CCCCCN(Cc1ccc(F)cc1)S(=O)(=O)c1c(C)noc1C. The van der Waals surface area contributed by atoms with E-state index in [1.54, 1.807) is 26.0 Å². The first-order valence-corrected chi connectivity index (χ1v) is 9.47. The molecular weight excluding hydrogens is 331 g/mol. The average Bonchev–Trinajstić information content (AvgIpc) is 2.88. The van der Waals surface area contributed by atoms with Gasteiger partial charge in [-0.15, -0.1) is 0 Å². The Bertz CT molecular complexity index is 750. The molecule has 5 nitrogen and oxygen atoms in total. The molecule has 0 fully saturated rings. The first kappa shape index (κ1) is 18.6. The van der Waals surface area contributed by atoms with Gasteiger partial charge in [0, 0.05) is 13.1 Å². The Morgan fingerprint density at radius 3 is 2.38 bits per heavy atom. The van der Waals surface area contributed by atoms with Crippen LogP contribution in [0.25, 0.3) is 0 Å². The van der Waals surface area contributed by atoms with Crippen molar-refractivity contribution in [1.29, 1.82) is 0 Å². The summed E-state index contributed by atoms with van der Waals surface area (Å²) in [4.78, 5) is 0.126. The lowest BCUT2D eigenvalue weighted by Gasteiger charge is -2.22. The molecule has 0 saturated heterocycles. The number of nitrogens with zero attached hydrogens (tertiary/aromatic N) is 2. The molecule has 1 aromatic carbocycles. The lowest BCUT2D eigenvalue weighted by Crippen LogP contribution is -2.32. The molecule has 2 aromatic rings. The summed E-state index contributed by atoms with van der Waals surface area (Å²) in [5, 5.41) is 3.75. The van der Waals surface area contributed by atoms with Crippen LogP contribution in [0.3, 0.4) is 0 Å². The third kappa shape index (κ3) is 4.21. The molecule has 0 saturated carbocycles. The van der Waals surface area contributed by atoms with Gasteiger partial charge in [0.2, 0.25) is 10.0 Å². The van der Waals surface area contributed by atoms with Crippen LogP contribution in [0.1, 0.15) is 43.2 Å². The van der Waals surface area contributed by atoms with Crippen molar-refractivity contribution in [3.8, 4) is 0 Å². The van der Waals surface area contributed by atoms with Gasteiger partial charge in [0.15, 0.2) is 5.76 Å². The van der Waals surface area contributed by atoms with Gasteiger partial charge in [-0.3, -0.25) is 0 Å². The molecule has 2 rings (SSSR count). The molecule has 0 amide bonds. The molecule has 24 heavy (non-hydrogen) atoms. The zero-order chi connectivity index (χ0) is 17.7. The van der Waals surface area contributed by atoms with Gasteiger partial charge in [0.05, 0.1) is 0 Å². The van der Waals surface area contributed by atoms with Crippen LogP contribution in [-0.4, -0.2) is 24.4 Å². The second kappa shape index (κ2) is 7.90. The summed E-state index contributed by atoms with van der Waals surface area (Å²) in [7, 11) is -3.72. The van der Waals surface area contributed by atoms with Crippen LogP contribution in [-0.2, 0) is 16.6 Å². The third-order valence-electron chi connectivity index (χ3n) is 3.85. The zero-order valence-electron chi connectivity index (χ0n) is 14.3. The van der Waals surface area contributed by atoms with Gasteiger partial charge in [0.1, 0.15) is 16.4 Å². The van der Waals surface area contributed by atoms with Crippen LogP contribution >= 0.6 is 0 Å². The van der Waals surface area contributed by atoms with Gasteiger partial charge < -0.3 is 4.52 Å². The number of sulfonamides is 1. The van der Waals surface area contributed by atoms with Crippen molar-refractivity contribution >= 4 is 10.0 Å². The van der Waals surface area contributed by atoms with E-state index in [-0.39, 0.29) is 23.0 Å². The number of aromatic nitrogens is 1. The average molecular weight is 354 g/mol. The molecule has 1 heterocycles. The van der Waals surface area contributed by atoms with Crippen molar-refractivity contribution in [2.75, 3.05) is 6.54 Å². The Labute approximate surface area is 142 Å². The summed E-state index contributed by atoms with van der Waals surface area (Å²) >= 11 is 0. The van der Waals surface area contributed by atoms with E-state index in [1.165, 1.54) is 16.4 Å². The standard InChI is InChI=1S/C17H23FN2O3S/c1-4-5-6-11-20(12-15-7-9-16(18)10-8-15)24(21,22)17-13(2)19-23-14(17)3/h7-10H,4-6,11-12H2,1-3H3. The molecule has 0 bridgehead atoms. The van der Waals surface area contributed by atoms with Gasteiger partial charge in [-0.25, -0.2) is 12.8 Å². The first-order valence-electron chi connectivity index (χ1n) is 8.03. The Kier molecular flexibility index (Phi) is 6.12. The zero-order valence-corrected chi connectivity index (χ0v) is 15.1. The fraction of sp³-hybridized carbons (Fsp3) is 0.471. The van der Waals surface area contributed by atoms with E-state index in [0.717, 1.165) is 24.8 Å². The van der Waals surface area contributed by atoms with Crippen LogP contribution in [0.4, 0.5) is 4.39 Å². The predicted molar refractivity (Wildman–Crippen MR) is 89.5 cm³/mol. The monoisotopic (exact) mass is 354 g/mol. The molecular formula is C17H23FN2O3S. The van der Waals surface area contributed by atoms with Crippen LogP contribution in [0.5, 0.6) is 0 Å². The predicted octanol–water partition coefficient (Wildman–Crippen LogP) is 3.81. The summed E-state index contributed by atoms with van der Waals surface area (Å²) in [5.41, 5.74) is 1.09. The molecule has 0 aliphatic carbocycles. The summed E-state index contributed by atoms with van der Waals surface area (Å²) in [6, 6.07) is 5.88. The van der Waals surface area contributed by atoms with Gasteiger partial charge in [0.25, 0.3) is 0 Å². The molecule has 0 radical (unpaired) electrons. The van der Waals surface area contributed by atoms with Crippen molar-refractivity contribution in [3.05, 3.63) is 47.1 Å². The molecule has 0 unspecified atom stereocenters. The topological polar surface area (TPSA) is 63.4 Å². The minimum absolute atomic E-state index is 0.126. The number of aryl methyl sites for hydroxylation is 2. The maximum absolute atomic E-state index is 13.1. The fourth-order valence-electron chi connectivity index (χ4n) is 2.59. The van der Waals surface area contributed by atoms with Crippen LogP contribution in [0.15, 0.2) is 33.7 Å². The van der Waals surface area contributed by atoms with E-state index in [2.05, 4.69) is 12.1 Å². The second-order valence-corrected chi connectivity index (χ2v) is 7.70. The highest BCUT2D eigenvalue weighted by Gasteiger charge is 2.30. The maximum Gasteiger partial charge on any atom is 0.248 e. The Morgan fingerprint density at radius 1 is 1.17 bits per heavy atom. The van der Waals surface area contributed by atoms with Crippen molar-refractivity contribution in [2.24, 2.45) is 0 Å². The van der Waals surface area contributed by atoms with Crippen molar-refractivity contribution in [3.63, 3.8) is 0 Å². The number of halogens is 1. The summed E-state index contributed by atoms with van der Waals surface area (Å²) in [6.07, 6.45) is 2.70. The van der Waals surface area contributed by atoms with Crippen molar-refractivity contribution < 1.29 is 17.3 Å². The highest BCUT2D eigenvalue weighted by Crippen LogP contribution is 2.25. The normalized spacial score (nSPS) is 12.0. The largest absolute Gasteiger partial charge is 0.360 e. The van der Waals surface area contributed by atoms with E-state index in [0.29, 0.717) is 12.2 Å². The maximum atomic E-state index is 13.1. The molecule has 0 spiro atoms. The minimum atomic E-state index is -3.72. The minimum Gasteiger partial charge on any atom is -0.360 e. The summed E-state index contributed by atoms with van der Waals surface area (Å²) in [5.74, 6) is -0.0584. The van der Waals surface area contributed by atoms with Gasteiger partial charge >= 0.3 is 0 Å². The highest BCUT2D eigenvalue weighted by molar-refractivity contribution is 7.89. The highest BCUT2D eigenvalue weighted by atomic mass is 32.2. The molecule has 132 valence electrons. The number of unbranched alkanes of at least 4 members (excludes halogenated alkanes) is 2. The van der Waals surface area contributed by atoms with E-state index in [9.17, 15) is 12.8 Å². The number of rotatable bonds is 8. The summed E-state index contributed by atoms with van der Waals surface area (Å²) in [6.45, 7) is 5.86. The van der Waals surface area contributed by atoms with E-state index in [4.69, 9.17) is 4.52 Å². The van der Waals surface area contributed by atoms with E-state index >= 15 is 0 Å². The van der Waals surface area contributed by atoms with Gasteiger partial charge in [-0.1, -0.05) is 37.1 Å². The quantitative estimate of drug-likeness (QED) is 0.676. The lowest BCUT2D eigenvalue weighted by molar-refractivity contribution is 0.383. The molecule has 7 heteroatoms. The molecule has 0 aliphatic rings. The molecule has 0 aliphatic heterocycles. The fourth-order valence-corrected chi connectivity index (χ4v) is 4.35. The third-order valence-corrected chi connectivity index (χ3v) is 5.94. The summed E-state index contributed by atoms with van der Waals surface area (Å²) < 4.78 is 45.6. The lowest BCUT2D eigenvalue weighted by atomic mass is 10.2. The van der Waals surface area contributed by atoms with Crippen LogP contribution < -0.4 is 0 Å². The Balaban J connectivity index is 2.32. The first-order chi connectivity index (χ1) is 11.4. The number of hydrogen-bond donors (Lipinski definition) is 0. The van der Waals surface area contributed by atoms with E-state index in [1.807, 2.05) is 0 Å². The van der Waals surface area contributed by atoms with Crippen molar-refractivity contribution in [1.82, 2.24) is 9.46 Å². The smallest absolute Gasteiger partial charge is 0.248 e. The molecule has 0 N–H and O–H groups in total. The number of hydrogen-bond acceptors (Lipinski definition) is 4. The van der Waals surface area contributed by atoms with E-state index < -0.39 is 10.0 Å². The molecule has 1 aromatic heterocycles. The van der Waals surface area contributed by atoms with Crippen molar-refractivity contribution in [2.45, 2.75) is 51.5 Å².